The lowest BCUT2D eigenvalue weighted by atomic mass is 9.46. The Hall–Kier alpha value is -1.02. The van der Waals surface area contributed by atoms with E-state index >= 15 is 0 Å². The average Bonchev–Trinajstić information content (AvgIpc) is 3.08. The molecule has 0 amide bonds. The molecule has 2 saturated carbocycles. The third-order valence-electron chi connectivity index (χ3n) is 7.11. The van der Waals surface area contributed by atoms with Gasteiger partial charge in [0.15, 0.2) is 5.96 Å². The SMILES string of the molecule is CN=C(NCCC(C)c1ccc(OC)cc1)NC1C2CCOC2C12CCC2.I. The first-order chi connectivity index (χ1) is 13.2. The van der Waals surface area contributed by atoms with Gasteiger partial charge in [0.25, 0.3) is 0 Å². The van der Waals surface area contributed by atoms with Gasteiger partial charge in [-0.05, 0) is 49.3 Å². The van der Waals surface area contributed by atoms with Gasteiger partial charge in [0.05, 0.1) is 13.2 Å². The molecule has 3 aliphatic rings. The van der Waals surface area contributed by atoms with E-state index in [4.69, 9.17) is 9.47 Å². The van der Waals surface area contributed by atoms with Gasteiger partial charge in [0, 0.05) is 37.6 Å². The standard InChI is InChI=1S/C22H33N3O2.HI/c1-15(16-5-7-17(26-3)8-6-16)9-13-24-21(23-2)25-19-18-10-14-27-20(18)22(19)11-4-12-22;/h5-8,15,18-20H,4,9-14H2,1-3H3,(H2,23,24,25);1H. The summed E-state index contributed by atoms with van der Waals surface area (Å²) in [6, 6.07) is 8.92. The Balaban J connectivity index is 0.00000225. The highest BCUT2D eigenvalue weighted by atomic mass is 127. The lowest BCUT2D eigenvalue weighted by Crippen LogP contribution is -2.72. The summed E-state index contributed by atoms with van der Waals surface area (Å²) < 4.78 is 11.3. The number of benzene rings is 1. The lowest BCUT2D eigenvalue weighted by Gasteiger charge is -2.63. The van der Waals surface area contributed by atoms with Crippen LogP contribution in [0.3, 0.4) is 0 Å². The van der Waals surface area contributed by atoms with Crippen molar-refractivity contribution in [2.24, 2.45) is 16.3 Å². The summed E-state index contributed by atoms with van der Waals surface area (Å²) in [6.45, 7) is 4.12. The fourth-order valence-electron chi connectivity index (χ4n) is 5.30. The molecule has 0 bridgehead atoms. The van der Waals surface area contributed by atoms with Gasteiger partial charge in [-0.15, -0.1) is 24.0 Å². The molecule has 1 aliphatic heterocycles. The zero-order chi connectivity index (χ0) is 18.9. The number of ether oxygens (including phenoxy) is 2. The van der Waals surface area contributed by atoms with Gasteiger partial charge in [0.2, 0.25) is 0 Å². The molecule has 2 aliphatic carbocycles. The van der Waals surface area contributed by atoms with Gasteiger partial charge in [-0.1, -0.05) is 25.5 Å². The Bertz CT molecular complexity index is 675. The highest BCUT2D eigenvalue weighted by molar-refractivity contribution is 14.0. The molecule has 6 heteroatoms. The first-order valence-electron chi connectivity index (χ1n) is 10.4. The summed E-state index contributed by atoms with van der Waals surface area (Å²) in [6.07, 6.45) is 6.70. The smallest absolute Gasteiger partial charge is 0.191 e. The first kappa shape index (κ1) is 21.7. The van der Waals surface area contributed by atoms with Crippen LogP contribution in [0, 0.1) is 11.3 Å². The topological polar surface area (TPSA) is 54.9 Å². The van der Waals surface area contributed by atoms with Crippen LogP contribution in [0.1, 0.15) is 50.5 Å². The molecule has 1 aromatic carbocycles. The Morgan fingerprint density at radius 3 is 2.68 bits per heavy atom. The summed E-state index contributed by atoms with van der Waals surface area (Å²) in [5.41, 5.74) is 1.73. The zero-order valence-electron chi connectivity index (χ0n) is 17.2. The number of rotatable bonds is 6. The largest absolute Gasteiger partial charge is 0.497 e. The number of fused-ring (bicyclic) bond motifs is 2. The fraction of sp³-hybridized carbons (Fsp3) is 0.682. The van der Waals surface area contributed by atoms with Crippen LogP contribution in [0.2, 0.25) is 0 Å². The van der Waals surface area contributed by atoms with Crippen LogP contribution in [0.5, 0.6) is 5.75 Å². The summed E-state index contributed by atoms with van der Waals surface area (Å²) in [4.78, 5) is 4.48. The van der Waals surface area contributed by atoms with Crippen LogP contribution < -0.4 is 15.4 Å². The van der Waals surface area contributed by atoms with Crippen molar-refractivity contribution in [2.75, 3.05) is 27.3 Å². The van der Waals surface area contributed by atoms with Crippen molar-refractivity contribution >= 4 is 29.9 Å². The molecule has 1 heterocycles. The van der Waals surface area contributed by atoms with E-state index in [1.165, 1.54) is 31.2 Å². The molecule has 5 nitrogen and oxygen atoms in total. The number of nitrogens with zero attached hydrogens (tertiary/aromatic N) is 1. The highest BCUT2D eigenvalue weighted by Gasteiger charge is 2.66. The van der Waals surface area contributed by atoms with E-state index in [0.717, 1.165) is 31.3 Å². The maximum Gasteiger partial charge on any atom is 0.191 e. The zero-order valence-corrected chi connectivity index (χ0v) is 19.6. The number of guanidine groups is 1. The Morgan fingerprint density at radius 2 is 2.07 bits per heavy atom. The second-order valence-electron chi connectivity index (χ2n) is 8.41. The summed E-state index contributed by atoms with van der Waals surface area (Å²) in [5.74, 6) is 3.02. The summed E-state index contributed by atoms with van der Waals surface area (Å²) >= 11 is 0. The van der Waals surface area contributed by atoms with E-state index < -0.39 is 0 Å². The van der Waals surface area contributed by atoms with E-state index in [9.17, 15) is 0 Å². The van der Waals surface area contributed by atoms with Crippen LogP contribution in [0.15, 0.2) is 29.3 Å². The minimum Gasteiger partial charge on any atom is -0.497 e. The number of halogens is 1. The predicted octanol–water partition coefficient (Wildman–Crippen LogP) is 3.93. The van der Waals surface area contributed by atoms with Crippen molar-refractivity contribution in [1.29, 1.82) is 0 Å². The molecular weight excluding hydrogens is 465 g/mol. The molecule has 3 fully saturated rings. The molecule has 4 rings (SSSR count). The van der Waals surface area contributed by atoms with Crippen molar-refractivity contribution in [1.82, 2.24) is 10.6 Å². The van der Waals surface area contributed by atoms with Gasteiger partial charge in [-0.25, -0.2) is 0 Å². The van der Waals surface area contributed by atoms with E-state index in [2.05, 4.69) is 34.7 Å². The number of hydrogen-bond acceptors (Lipinski definition) is 3. The van der Waals surface area contributed by atoms with Gasteiger partial charge < -0.3 is 20.1 Å². The number of hydrogen-bond donors (Lipinski definition) is 2. The summed E-state index contributed by atoms with van der Waals surface area (Å²) in [7, 11) is 3.58. The van der Waals surface area contributed by atoms with Crippen molar-refractivity contribution in [3.63, 3.8) is 0 Å². The van der Waals surface area contributed by atoms with E-state index in [-0.39, 0.29) is 24.0 Å². The van der Waals surface area contributed by atoms with Crippen LogP contribution in [0.4, 0.5) is 0 Å². The number of nitrogens with one attached hydrogen (secondary N) is 2. The molecular formula is C22H34IN3O2. The molecule has 1 saturated heterocycles. The van der Waals surface area contributed by atoms with Crippen LogP contribution in [-0.2, 0) is 4.74 Å². The molecule has 0 aromatic heterocycles. The van der Waals surface area contributed by atoms with E-state index in [0.29, 0.717) is 29.4 Å². The second-order valence-corrected chi connectivity index (χ2v) is 8.41. The molecule has 0 radical (unpaired) electrons. The normalized spacial score (nSPS) is 28.4. The Morgan fingerprint density at radius 1 is 1.32 bits per heavy atom. The predicted molar refractivity (Wildman–Crippen MR) is 124 cm³/mol. The average molecular weight is 499 g/mol. The van der Waals surface area contributed by atoms with Crippen molar-refractivity contribution < 1.29 is 9.47 Å². The molecule has 28 heavy (non-hydrogen) atoms. The number of aliphatic imine (C=N–C) groups is 1. The maximum absolute atomic E-state index is 6.02. The number of methoxy groups -OCH3 is 1. The van der Waals surface area contributed by atoms with Crippen molar-refractivity contribution in [3.05, 3.63) is 29.8 Å². The van der Waals surface area contributed by atoms with Gasteiger partial charge in [-0.2, -0.15) is 0 Å². The maximum atomic E-state index is 6.02. The highest BCUT2D eigenvalue weighted by Crippen LogP contribution is 2.62. The van der Waals surface area contributed by atoms with Crippen LogP contribution >= 0.6 is 24.0 Å². The third-order valence-corrected chi connectivity index (χ3v) is 7.11. The Labute approximate surface area is 186 Å². The lowest BCUT2D eigenvalue weighted by molar-refractivity contribution is -0.171. The fourth-order valence-corrected chi connectivity index (χ4v) is 5.30. The second kappa shape index (κ2) is 9.20. The monoisotopic (exact) mass is 499 g/mol. The molecule has 1 aromatic rings. The first-order valence-corrected chi connectivity index (χ1v) is 10.4. The van der Waals surface area contributed by atoms with E-state index in [1.807, 2.05) is 19.2 Å². The molecule has 1 spiro atoms. The van der Waals surface area contributed by atoms with Gasteiger partial charge in [-0.3, -0.25) is 4.99 Å². The van der Waals surface area contributed by atoms with Crippen LogP contribution in [-0.4, -0.2) is 45.4 Å². The van der Waals surface area contributed by atoms with E-state index in [1.54, 1.807) is 7.11 Å². The van der Waals surface area contributed by atoms with Crippen LogP contribution in [0.25, 0.3) is 0 Å². The minimum atomic E-state index is 0. The molecule has 4 unspecified atom stereocenters. The van der Waals surface area contributed by atoms with Crippen molar-refractivity contribution in [3.8, 4) is 5.75 Å². The quantitative estimate of drug-likeness (QED) is 0.354. The Kier molecular flexibility index (Phi) is 7.12. The minimum absolute atomic E-state index is 0. The van der Waals surface area contributed by atoms with Crippen molar-refractivity contribution in [2.45, 2.75) is 57.1 Å². The molecule has 4 atom stereocenters. The molecule has 156 valence electrons. The molecule has 2 N–H and O–H groups in total. The summed E-state index contributed by atoms with van der Waals surface area (Å²) in [5, 5.41) is 7.27. The van der Waals surface area contributed by atoms with Gasteiger partial charge in [0.1, 0.15) is 5.75 Å². The van der Waals surface area contributed by atoms with Gasteiger partial charge >= 0.3 is 0 Å². The third kappa shape index (κ3) is 3.86.